The zero-order chi connectivity index (χ0) is 13.7. The average molecular weight is 262 g/mol. The second-order valence-electron chi connectivity index (χ2n) is 5.02. The lowest BCUT2D eigenvalue weighted by Gasteiger charge is -2.19. The van der Waals surface area contributed by atoms with Gasteiger partial charge in [0.2, 0.25) is 5.91 Å². The van der Waals surface area contributed by atoms with Gasteiger partial charge in [0, 0.05) is 5.92 Å². The molecule has 19 heavy (non-hydrogen) atoms. The highest BCUT2D eigenvalue weighted by Gasteiger charge is 2.20. The third-order valence-electron chi connectivity index (χ3n) is 3.57. The number of halogens is 1. The topological polar surface area (TPSA) is 41.5 Å². The molecule has 1 aliphatic carbocycles. The molecular weight excluding hydrogens is 243 g/mol. The molecule has 0 atom stereocenters. The number of amides is 1. The van der Waals surface area contributed by atoms with E-state index in [0.717, 1.165) is 31.2 Å². The van der Waals surface area contributed by atoms with Gasteiger partial charge in [-0.1, -0.05) is 31.4 Å². The van der Waals surface area contributed by atoms with Crippen LogP contribution in [0.1, 0.15) is 44.6 Å². The van der Waals surface area contributed by atoms with Gasteiger partial charge in [-0.05, 0) is 37.5 Å². The first-order valence-corrected chi connectivity index (χ1v) is 6.77. The Morgan fingerprint density at radius 2 is 1.84 bits per heavy atom. The molecule has 3 nitrogen and oxygen atoms in total. The second kappa shape index (κ2) is 6.45. The Morgan fingerprint density at radius 1 is 1.21 bits per heavy atom. The second-order valence-corrected chi connectivity index (χ2v) is 5.02. The standard InChI is InChI=1S/C15H19FN2O/c1-11(12-7-9-14(16)10-8-12)17-18-15(19)13-5-3-2-4-6-13/h7-10,13H,2-6H2,1H3,(H,18,19)/b17-11+. The van der Waals surface area contributed by atoms with Crippen LogP contribution < -0.4 is 5.43 Å². The van der Waals surface area contributed by atoms with Crippen molar-refractivity contribution in [3.63, 3.8) is 0 Å². The van der Waals surface area contributed by atoms with Crippen molar-refractivity contribution in [2.45, 2.75) is 39.0 Å². The molecule has 0 aliphatic heterocycles. The minimum atomic E-state index is -0.275. The first kappa shape index (κ1) is 13.7. The molecule has 0 heterocycles. The molecule has 102 valence electrons. The third-order valence-corrected chi connectivity index (χ3v) is 3.57. The maximum atomic E-state index is 12.8. The van der Waals surface area contributed by atoms with E-state index in [1.165, 1.54) is 18.6 Å². The smallest absolute Gasteiger partial charge is 0.243 e. The molecule has 1 aromatic rings. The highest BCUT2D eigenvalue weighted by molar-refractivity contribution is 5.99. The molecule has 1 fully saturated rings. The molecule has 1 saturated carbocycles. The van der Waals surface area contributed by atoms with Crippen molar-refractivity contribution in [1.29, 1.82) is 0 Å². The van der Waals surface area contributed by atoms with Gasteiger partial charge in [-0.3, -0.25) is 4.79 Å². The Balaban J connectivity index is 1.93. The Kier molecular flexibility index (Phi) is 4.66. The van der Waals surface area contributed by atoms with E-state index in [4.69, 9.17) is 0 Å². The summed E-state index contributed by atoms with van der Waals surface area (Å²) < 4.78 is 12.8. The van der Waals surface area contributed by atoms with Crippen LogP contribution in [0.5, 0.6) is 0 Å². The Morgan fingerprint density at radius 3 is 2.47 bits per heavy atom. The largest absolute Gasteiger partial charge is 0.273 e. The number of carbonyl (C=O) groups excluding carboxylic acids is 1. The van der Waals surface area contributed by atoms with Crippen LogP contribution in [0.25, 0.3) is 0 Å². The first-order valence-electron chi connectivity index (χ1n) is 6.77. The SMILES string of the molecule is C/C(=N\NC(=O)C1CCCCC1)c1ccc(F)cc1. The van der Waals surface area contributed by atoms with Gasteiger partial charge in [0.15, 0.2) is 0 Å². The molecule has 1 N–H and O–H groups in total. The van der Waals surface area contributed by atoms with Gasteiger partial charge in [0.1, 0.15) is 5.82 Å². The van der Waals surface area contributed by atoms with Crippen molar-refractivity contribution in [2.75, 3.05) is 0 Å². The zero-order valence-electron chi connectivity index (χ0n) is 11.2. The van der Waals surface area contributed by atoms with E-state index in [1.807, 2.05) is 0 Å². The number of hydrogen-bond donors (Lipinski definition) is 1. The first-order chi connectivity index (χ1) is 9.16. The maximum absolute atomic E-state index is 12.8. The van der Waals surface area contributed by atoms with Crippen molar-refractivity contribution < 1.29 is 9.18 Å². The van der Waals surface area contributed by atoms with Gasteiger partial charge < -0.3 is 0 Å². The van der Waals surface area contributed by atoms with Gasteiger partial charge >= 0.3 is 0 Å². The summed E-state index contributed by atoms with van der Waals surface area (Å²) >= 11 is 0. The lowest BCUT2D eigenvalue weighted by atomic mass is 9.89. The summed E-state index contributed by atoms with van der Waals surface area (Å²) in [6.07, 6.45) is 5.38. The third kappa shape index (κ3) is 3.88. The summed E-state index contributed by atoms with van der Waals surface area (Å²) in [6, 6.07) is 6.08. The summed E-state index contributed by atoms with van der Waals surface area (Å²) in [6.45, 7) is 1.80. The Hall–Kier alpha value is -1.71. The predicted octanol–water partition coefficient (Wildman–Crippen LogP) is 3.25. The lowest BCUT2D eigenvalue weighted by Crippen LogP contribution is -2.29. The molecular formula is C15H19FN2O. The van der Waals surface area contributed by atoms with Crippen LogP contribution in [0.3, 0.4) is 0 Å². The number of benzene rings is 1. The normalized spacial score (nSPS) is 17.3. The minimum Gasteiger partial charge on any atom is -0.273 e. The van der Waals surface area contributed by atoms with Crippen LogP contribution in [-0.4, -0.2) is 11.6 Å². The molecule has 4 heteroatoms. The fourth-order valence-electron chi connectivity index (χ4n) is 2.35. The molecule has 0 unspecified atom stereocenters. The van der Waals surface area contributed by atoms with Crippen LogP contribution >= 0.6 is 0 Å². The number of nitrogens with zero attached hydrogens (tertiary/aromatic N) is 1. The maximum Gasteiger partial charge on any atom is 0.243 e. The number of nitrogens with one attached hydrogen (secondary N) is 1. The quantitative estimate of drug-likeness (QED) is 0.659. The molecule has 0 spiro atoms. The van der Waals surface area contributed by atoms with Gasteiger partial charge in [0.05, 0.1) is 5.71 Å². The van der Waals surface area contributed by atoms with E-state index in [9.17, 15) is 9.18 Å². The summed E-state index contributed by atoms with van der Waals surface area (Å²) in [5, 5.41) is 4.09. The van der Waals surface area contributed by atoms with Crippen molar-refractivity contribution in [2.24, 2.45) is 11.0 Å². The predicted molar refractivity (Wildman–Crippen MR) is 73.3 cm³/mol. The minimum absolute atomic E-state index is 0.00108. The fourth-order valence-corrected chi connectivity index (χ4v) is 2.35. The van der Waals surface area contributed by atoms with Crippen molar-refractivity contribution in [1.82, 2.24) is 5.43 Å². The highest BCUT2D eigenvalue weighted by Crippen LogP contribution is 2.23. The van der Waals surface area contributed by atoms with Crippen molar-refractivity contribution >= 4 is 11.6 Å². The Bertz CT molecular complexity index is 462. The number of rotatable bonds is 3. The van der Waals surface area contributed by atoms with E-state index in [-0.39, 0.29) is 17.6 Å². The molecule has 0 saturated heterocycles. The van der Waals surface area contributed by atoms with Gasteiger partial charge in [-0.15, -0.1) is 0 Å². The van der Waals surface area contributed by atoms with E-state index in [2.05, 4.69) is 10.5 Å². The number of hydrazone groups is 1. The van der Waals surface area contributed by atoms with Crippen LogP contribution in [0.4, 0.5) is 4.39 Å². The summed E-state index contributed by atoms with van der Waals surface area (Å²) in [5.74, 6) is -0.178. The van der Waals surface area contributed by atoms with E-state index in [0.29, 0.717) is 5.71 Å². The molecule has 0 aromatic heterocycles. The lowest BCUT2D eigenvalue weighted by molar-refractivity contribution is -0.125. The number of carbonyl (C=O) groups is 1. The Labute approximate surface area is 112 Å². The summed E-state index contributed by atoms with van der Waals surface area (Å²) in [5.41, 5.74) is 4.12. The fraction of sp³-hybridized carbons (Fsp3) is 0.467. The highest BCUT2D eigenvalue weighted by atomic mass is 19.1. The summed E-state index contributed by atoms with van der Waals surface area (Å²) in [4.78, 5) is 11.9. The van der Waals surface area contributed by atoms with Crippen molar-refractivity contribution in [3.05, 3.63) is 35.6 Å². The molecule has 1 amide bonds. The monoisotopic (exact) mass is 262 g/mol. The molecule has 2 rings (SSSR count). The number of hydrogen-bond acceptors (Lipinski definition) is 2. The van der Waals surface area contributed by atoms with Crippen LogP contribution in [-0.2, 0) is 4.79 Å². The van der Waals surface area contributed by atoms with Gasteiger partial charge in [-0.25, -0.2) is 9.82 Å². The molecule has 1 aromatic carbocycles. The molecule has 0 bridgehead atoms. The van der Waals surface area contributed by atoms with E-state index in [1.54, 1.807) is 19.1 Å². The molecule has 1 aliphatic rings. The van der Waals surface area contributed by atoms with Crippen LogP contribution in [0.15, 0.2) is 29.4 Å². The van der Waals surface area contributed by atoms with Crippen LogP contribution in [0.2, 0.25) is 0 Å². The van der Waals surface area contributed by atoms with E-state index < -0.39 is 0 Å². The van der Waals surface area contributed by atoms with Crippen LogP contribution in [0, 0.1) is 11.7 Å². The van der Waals surface area contributed by atoms with E-state index >= 15 is 0 Å². The van der Waals surface area contributed by atoms with Gasteiger partial charge in [-0.2, -0.15) is 5.10 Å². The van der Waals surface area contributed by atoms with Crippen molar-refractivity contribution in [3.8, 4) is 0 Å². The zero-order valence-corrected chi connectivity index (χ0v) is 11.2. The molecule has 0 radical (unpaired) electrons. The average Bonchev–Trinajstić information content (AvgIpc) is 2.46. The van der Waals surface area contributed by atoms with Gasteiger partial charge in [0.25, 0.3) is 0 Å². The summed E-state index contributed by atoms with van der Waals surface area (Å²) in [7, 11) is 0.